The molecular weight excluding hydrogens is 699 g/mol. The number of benzene rings is 2. The number of nitro groups is 1. The highest BCUT2D eigenvalue weighted by Crippen LogP contribution is 2.58. The second-order valence-electron chi connectivity index (χ2n) is 12.1. The lowest BCUT2D eigenvalue weighted by molar-refractivity contribution is -0.384. The van der Waals surface area contributed by atoms with Crippen LogP contribution < -0.4 is 0 Å². The number of nitrogens with zero attached hydrogens (tertiary/aromatic N) is 2. The van der Waals surface area contributed by atoms with E-state index in [-0.39, 0.29) is 23.8 Å². The number of ether oxygens (including phenoxy) is 2. The number of rotatable bonds is 16. The number of β-lactam (4-membered cyclic amide) rings is 1. The molecule has 1 amide bonds. The van der Waals surface area contributed by atoms with Crippen LogP contribution in [0, 0.1) is 16.0 Å². The molecule has 0 aliphatic carbocycles. The molecule has 2 aromatic carbocycles. The molecule has 268 valence electrons. The van der Waals surface area contributed by atoms with Gasteiger partial charge >= 0.3 is 11.9 Å². The lowest BCUT2D eigenvalue weighted by Gasteiger charge is -2.52. The van der Waals surface area contributed by atoms with Crippen LogP contribution in [0.25, 0.3) is 0 Å². The van der Waals surface area contributed by atoms with Gasteiger partial charge < -0.3 is 23.0 Å². The topological polar surface area (TPSA) is 161 Å². The number of carbonyl (C=O) groups is 4. The smallest absolute Gasteiger partial charge is 0.362 e. The predicted octanol–water partition coefficient (Wildman–Crippen LogP) is 6.86. The van der Waals surface area contributed by atoms with Crippen molar-refractivity contribution >= 4 is 65.0 Å². The maximum Gasteiger partial charge on any atom is 0.362 e. The van der Waals surface area contributed by atoms with Crippen LogP contribution >= 0.6 is 30.9 Å². The molecule has 0 bridgehead atoms. The van der Waals surface area contributed by atoms with Crippen molar-refractivity contribution in [2.24, 2.45) is 5.92 Å². The summed E-state index contributed by atoms with van der Waals surface area (Å²) < 4.78 is 30.0. The van der Waals surface area contributed by atoms with E-state index >= 15 is 0 Å². The number of hydrogen-bond donors (Lipinski definition) is 0. The lowest BCUT2D eigenvalue weighted by Crippen LogP contribution is -2.70. The summed E-state index contributed by atoms with van der Waals surface area (Å²) in [6, 6.07) is 13.1. The minimum absolute atomic E-state index is 0.150. The van der Waals surface area contributed by atoms with Crippen LogP contribution in [0.4, 0.5) is 5.69 Å². The molecule has 1 saturated heterocycles. The summed E-state index contributed by atoms with van der Waals surface area (Å²) in [4.78, 5) is 66.5. The van der Waals surface area contributed by atoms with Gasteiger partial charge in [0.25, 0.3) is 13.3 Å². The van der Waals surface area contributed by atoms with Crippen molar-refractivity contribution in [1.82, 2.24) is 4.90 Å². The van der Waals surface area contributed by atoms with Crippen molar-refractivity contribution in [2.75, 3.05) is 0 Å². The summed E-state index contributed by atoms with van der Waals surface area (Å²) in [7, 11) is -4.00. The molecule has 0 N–H and O–H groups in total. The average Bonchev–Trinajstić information content (AvgIpc) is 2.97. The number of nitro benzene ring substituents is 1. The van der Waals surface area contributed by atoms with E-state index in [1.54, 1.807) is 71.9 Å². The van der Waals surface area contributed by atoms with E-state index < -0.39 is 71.1 Å². The van der Waals surface area contributed by atoms with Crippen molar-refractivity contribution < 1.29 is 47.1 Å². The molecular formula is C33H42ClN2O11PS. The van der Waals surface area contributed by atoms with Gasteiger partial charge in [0.15, 0.2) is 10.2 Å². The Labute approximate surface area is 295 Å². The van der Waals surface area contributed by atoms with Gasteiger partial charge in [0.2, 0.25) is 11.3 Å². The van der Waals surface area contributed by atoms with E-state index in [9.17, 15) is 29.3 Å². The molecule has 0 spiro atoms. The highest BCUT2D eigenvalue weighted by molar-refractivity contribution is 8.13. The first kappa shape index (κ1) is 40.2. The Kier molecular flexibility index (Phi) is 14.0. The Morgan fingerprint density at radius 1 is 0.959 bits per heavy atom. The number of hydrogen-bond acceptors (Lipinski definition) is 12. The second-order valence-corrected chi connectivity index (χ2v) is 16.0. The standard InChI is InChI=1S/C33H42ClN2O11PS/c1-20(2)45-48(46-21(3)4,47-22(5)6)31(32(40)43-19-24-14-16-25(17-15-24)36(41)42)35-27(18-28(38)49-26-12-10-9-11-13-26)29(30(35)39)33(8,34)44-23(7)37/h9-17,20-22,27,29H,18-19H2,1-8H3. The molecule has 3 atom stereocenters. The molecule has 1 fully saturated rings. The van der Waals surface area contributed by atoms with Crippen molar-refractivity contribution in [2.45, 2.75) is 103 Å². The Morgan fingerprint density at radius 3 is 1.96 bits per heavy atom. The summed E-state index contributed by atoms with van der Waals surface area (Å²) in [6.45, 7) is 12.4. The SMILES string of the molecule is CC(=O)OC(C)(Cl)C1C(=O)N(C(C(=O)OCc2ccc([N+](=O)[O-])cc2)=P(OC(C)C)(OC(C)C)OC(C)C)C1CC(=O)Sc1ccccc1. The zero-order valence-corrected chi connectivity index (χ0v) is 31.1. The number of likely N-dealkylation sites (tertiary alicyclic amines) is 1. The maximum atomic E-state index is 14.3. The van der Waals surface area contributed by atoms with Crippen LogP contribution in [0.1, 0.15) is 67.4 Å². The number of non-ortho nitro benzene ring substituents is 1. The number of amides is 1. The first-order chi connectivity index (χ1) is 22.9. The van der Waals surface area contributed by atoms with E-state index in [1.807, 2.05) is 0 Å². The quantitative estimate of drug-likeness (QED) is 0.0335. The molecule has 49 heavy (non-hydrogen) atoms. The number of alkyl halides is 1. The molecule has 2 aromatic rings. The van der Waals surface area contributed by atoms with Gasteiger partial charge in [0.1, 0.15) is 12.5 Å². The van der Waals surface area contributed by atoms with Gasteiger partial charge in [-0.25, -0.2) is 4.79 Å². The molecule has 0 radical (unpaired) electrons. The number of esters is 2. The van der Waals surface area contributed by atoms with Crippen LogP contribution in [0.2, 0.25) is 0 Å². The van der Waals surface area contributed by atoms with Gasteiger partial charge in [0, 0.05) is 30.4 Å². The zero-order chi connectivity index (χ0) is 36.7. The van der Waals surface area contributed by atoms with Crippen LogP contribution in [-0.2, 0) is 48.8 Å². The number of carbonyl (C=O) groups excluding carboxylic acids is 4. The van der Waals surface area contributed by atoms with Crippen molar-refractivity contribution in [1.29, 1.82) is 0 Å². The van der Waals surface area contributed by atoms with Crippen molar-refractivity contribution in [3.05, 3.63) is 70.3 Å². The Balaban J connectivity index is 2.22. The lowest BCUT2D eigenvalue weighted by atomic mass is 9.81. The summed E-state index contributed by atoms with van der Waals surface area (Å²) >= 11 is 7.63. The van der Waals surface area contributed by atoms with Gasteiger partial charge in [-0.1, -0.05) is 41.6 Å². The van der Waals surface area contributed by atoms with E-state index in [0.29, 0.717) is 10.5 Å². The van der Waals surface area contributed by atoms with Gasteiger partial charge in [-0.15, -0.1) is 0 Å². The maximum absolute atomic E-state index is 14.3. The van der Waals surface area contributed by atoms with E-state index in [4.69, 9.17) is 34.6 Å². The van der Waals surface area contributed by atoms with Crippen molar-refractivity contribution in [3.8, 4) is 0 Å². The first-order valence-corrected chi connectivity index (χ1v) is 18.3. The fourth-order valence-electron chi connectivity index (χ4n) is 5.08. The number of thioether (sulfide) groups is 1. The highest BCUT2D eigenvalue weighted by Gasteiger charge is 2.62. The summed E-state index contributed by atoms with van der Waals surface area (Å²) in [5.41, 5.74) is -0.128. The van der Waals surface area contributed by atoms with E-state index in [2.05, 4.69) is 0 Å². The van der Waals surface area contributed by atoms with Gasteiger partial charge in [-0.3, -0.25) is 29.4 Å². The van der Waals surface area contributed by atoms with Gasteiger partial charge in [-0.05, 0) is 78.3 Å². The molecule has 3 unspecified atom stereocenters. The molecule has 0 saturated carbocycles. The third kappa shape index (κ3) is 10.6. The highest BCUT2D eigenvalue weighted by atomic mass is 35.5. The average molecular weight is 741 g/mol. The first-order valence-electron chi connectivity index (χ1n) is 15.6. The van der Waals surface area contributed by atoms with Crippen LogP contribution in [0.5, 0.6) is 0 Å². The van der Waals surface area contributed by atoms with Crippen LogP contribution in [-0.4, -0.2) is 67.6 Å². The molecule has 1 aliphatic rings. The fraction of sp³-hybridized carbons (Fsp3) is 0.485. The van der Waals surface area contributed by atoms with Crippen LogP contribution in [0.3, 0.4) is 0 Å². The molecule has 1 heterocycles. The van der Waals surface area contributed by atoms with Gasteiger partial charge in [-0.2, -0.15) is 0 Å². The summed E-state index contributed by atoms with van der Waals surface area (Å²) in [5.74, 6) is -3.82. The van der Waals surface area contributed by atoms with E-state index in [0.717, 1.165) is 23.6 Å². The predicted molar refractivity (Wildman–Crippen MR) is 186 cm³/mol. The molecule has 0 aromatic heterocycles. The largest absolute Gasteiger partial charge is 0.456 e. The Morgan fingerprint density at radius 2 is 1.49 bits per heavy atom. The minimum atomic E-state index is -4.00. The number of halogens is 1. The third-order valence-corrected chi connectivity index (χ3v) is 10.9. The molecule has 1 aliphatic heterocycles. The summed E-state index contributed by atoms with van der Waals surface area (Å²) in [6.07, 6.45) is -2.06. The molecule has 13 nitrogen and oxygen atoms in total. The normalized spacial score (nSPS) is 17.5. The van der Waals surface area contributed by atoms with Gasteiger partial charge in [0.05, 0.1) is 29.3 Å². The molecule has 16 heteroatoms. The summed E-state index contributed by atoms with van der Waals surface area (Å²) in [5, 5.41) is 8.87. The molecule has 3 rings (SSSR count). The minimum Gasteiger partial charge on any atom is -0.456 e. The zero-order valence-electron chi connectivity index (χ0n) is 28.6. The fourth-order valence-corrected chi connectivity index (χ4v) is 9.15. The van der Waals surface area contributed by atoms with Crippen LogP contribution in [0.15, 0.2) is 59.5 Å². The second kappa shape index (κ2) is 17.1. The third-order valence-electron chi connectivity index (χ3n) is 6.71. The van der Waals surface area contributed by atoms with E-state index in [1.165, 1.54) is 31.2 Å². The Hall–Kier alpha value is -3.26. The monoisotopic (exact) mass is 740 g/mol. The Bertz CT molecular complexity index is 1550. The van der Waals surface area contributed by atoms with Crippen molar-refractivity contribution in [3.63, 3.8) is 0 Å².